The quantitative estimate of drug-likeness (QED) is 0.256. The molecule has 1 amide bonds. The summed E-state index contributed by atoms with van der Waals surface area (Å²) < 4.78 is 8.32. The molecule has 1 heterocycles. The highest BCUT2D eigenvalue weighted by Gasteiger charge is 2.27. The highest BCUT2D eigenvalue weighted by atomic mass is 127. The van der Waals surface area contributed by atoms with Gasteiger partial charge in [-0.25, -0.2) is 4.99 Å². The first kappa shape index (κ1) is 24.4. The standard InChI is InChI=1S/C25H30I2N2O2S/c1-15(2)31-23-16(12-17(26)13-20(23)27)14-28-25-22(19-10-6-7-11-21(19)32-25)24(30)29-18-8-4-3-5-9-18/h12-15,18H,3-11H2,1-2H3,(H,29,30). The summed E-state index contributed by atoms with van der Waals surface area (Å²) in [5.74, 6) is 0.929. The van der Waals surface area contributed by atoms with Crippen molar-refractivity contribution in [2.45, 2.75) is 83.8 Å². The highest BCUT2D eigenvalue weighted by Crippen LogP contribution is 2.40. The van der Waals surface area contributed by atoms with E-state index in [4.69, 9.17) is 9.73 Å². The lowest BCUT2D eigenvalue weighted by Gasteiger charge is -2.23. The minimum absolute atomic E-state index is 0.0688. The third-order valence-electron chi connectivity index (χ3n) is 6.03. The van der Waals surface area contributed by atoms with Gasteiger partial charge in [0.1, 0.15) is 10.8 Å². The molecule has 4 rings (SSSR count). The van der Waals surface area contributed by atoms with Gasteiger partial charge in [-0.2, -0.15) is 0 Å². The van der Waals surface area contributed by atoms with E-state index in [9.17, 15) is 4.79 Å². The fourth-order valence-corrected chi connectivity index (χ4v) is 7.79. The number of ether oxygens (including phenoxy) is 1. The van der Waals surface area contributed by atoms with E-state index in [2.05, 4.69) is 62.6 Å². The SMILES string of the molecule is CC(C)Oc1c(I)cc(I)cc1C=Nc1sc2c(c1C(=O)NC1CCCCC1)CCCC2. The first-order valence-corrected chi connectivity index (χ1v) is 14.5. The number of thiophene rings is 1. The average molecular weight is 676 g/mol. The van der Waals surface area contributed by atoms with Crippen LogP contribution in [0, 0.1) is 7.14 Å². The van der Waals surface area contributed by atoms with Crippen molar-refractivity contribution in [3.8, 4) is 5.75 Å². The molecule has 7 heteroatoms. The molecule has 0 spiro atoms. The Labute approximate surface area is 222 Å². The van der Waals surface area contributed by atoms with Gasteiger partial charge in [0.2, 0.25) is 0 Å². The maximum atomic E-state index is 13.4. The summed E-state index contributed by atoms with van der Waals surface area (Å²) in [6, 6.07) is 4.51. The number of halogens is 2. The van der Waals surface area contributed by atoms with Crippen LogP contribution in [-0.4, -0.2) is 24.3 Å². The molecule has 1 aromatic carbocycles. The van der Waals surface area contributed by atoms with Crippen LogP contribution in [0.3, 0.4) is 0 Å². The van der Waals surface area contributed by atoms with Crippen molar-refractivity contribution in [1.82, 2.24) is 5.32 Å². The van der Waals surface area contributed by atoms with E-state index in [0.717, 1.165) is 61.1 Å². The molecule has 172 valence electrons. The summed E-state index contributed by atoms with van der Waals surface area (Å²) in [6.45, 7) is 4.08. The number of hydrogen-bond donors (Lipinski definition) is 1. The Morgan fingerprint density at radius 2 is 1.91 bits per heavy atom. The second kappa shape index (κ2) is 11.2. The van der Waals surface area contributed by atoms with Crippen molar-refractivity contribution in [3.05, 3.63) is 40.8 Å². The molecule has 4 nitrogen and oxygen atoms in total. The predicted molar refractivity (Wildman–Crippen MR) is 150 cm³/mol. The number of fused-ring (bicyclic) bond motifs is 1. The Kier molecular flexibility index (Phi) is 8.53. The van der Waals surface area contributed by atoms with E-state index in [1.807, 2.05) is 20.1 Å². The van der Waals surface area contributed by atoms with Crippen LogP contribution < -0.4 is 10.1 Å². The van der Waals surface area contributed by atoms with Crippen LogP contribution in [0.2, 0.25) is 0 Å². The third kappa shape index (κ3) is 5.87. The zero-order valence-corrected chi connectivity index (χ0v) is 23.8. The van der Waals surface area contributed by atoms with Crippen LogP contribution in [0.15, 0.2) is 17.1 Å². The minimum Gasteiger partial charge on any atom is -0.489 e. The maximum absolute atomic E-state index is 13.4. The number of aliphatic imine (C=N–C) groups is 1. The number of nitrogens with one attached hydrogen (secondary N) is 1. The number of rotatable bonds is 6. The molecule has 2 aliphatic carbocycles. The van der Waals surface area contributed by atoms with E-state index in [0.29, 0.717) is 6.04 Å². The molecule has 2 aromatic rings. The van der Waals surface area contributed by atoms with Crippen molar-refractivity contribution in [3.63, 3.8) is 0 Å². The van der Waals surface area contributed by atoms with Crippen LogP contribution in [0.1, 0.15) is 85.2 Å². The Balaban J connectivity index is 1.67. The lowest BCUT2D eigenvalue weighted by Crippen LogP contribution is -2.36. The fourth-order valence-electron chi connectivity index (χ4n) is 4.55. The van der Waals surface area contributed by atoms with Crippen molar-refractivity contribution < 1.29 is 9.53 Å². The van der Waals surface area contributed by atoms with Gasteiger partial charge in [0.25, 0.3) is 5.91 Å². The molecule has 0 aliphatic heterocycles. The number of hydrogen-bond acceptors (Lipinski definition) is 4. The van der Waals surface area contributed by atoms with Gasteiger partial charge in [0.05, 0.1) is 15.2 Å². The van der Waals surface area contributed by atoms with E-state index < -0.39 is 0 Å². The number of carbonyl (C=O) groups excluding carboxylic acids is 1. The molecule has 1 N–H and O–H groups in total. The fraction of sp³-hybridized carbons (Fsp3) is 0.520. The molecule has 1 aromatic heterocycles. The van der Waals surface area contributed by atoms with E-state index in [1.54, 1.807) is 11.3 Å². The molecule has 1 saturated carbocycles. The number of amides is 1. The Morgan fingerprint density at radius 3 is 2.66 bits per heavy atom. The second-order valence-electron chi connectivity index (χ2n) is 8.93. The van der Waals surface area contributed by atoms with Gasteiger partial charge >= 0.3 is 0 Å². The molecule has 0 unspecified atom stereocenters. The van der Waals surface area contributed by atoms with Gasteiger partial charge in [0, 0.05) is 26.3 Å². The summed E-state index contributed by atoms with van der Waals surface area (Å²) in [6.07, 6.45) is 12.2. The summed E-state index contributed by atoms with van der Waals surface area (Å²) in [5.41, 5.74) is 3.01. The average Bonchev–Trinajstić information content (AvgIpc) is 3.13. The van der Waals surface area contributed by atoms with Gasteiger partial charge in [-0.15, -0.1) is 11.3 Å². The number of nitrogens with zero attached hydrogens (tertiary/aromatic N) is 1. The lowest BCUT2D eigenvalue weighted by atomic mass is 9.93. The summed E-state index contributed by atoms with van der Waals surface area (Å²) >= 11 is 6.35. The van der Waals surface area contributed by atoms with E-state index in [1.165, 1.54) is 36.1 Å². The zero-order valence-electron chi connectivity index (χ0n) is 18.7. The van der Waals surface area contributed by atoms with Crippen LogP contribution in [0.25, 0.3) is 0 Å². The van der Waals surface area contributed by atoms with E-state index in [-0.39, 0.29) is 12.0 Å². The predicted octanol–water partition coefficient (Wildman–Crippen LogP) is 7.44. The molecule has 0 saturated heterocycles. The topological polar surface area (TPSA) is 50.7 Å². The van der Waals surface area contributed by atoms with Crippen LogP contribution in [-0.2, 0) is 12.8 Å². The molecule has 0 bridgehead atoms. The largest absolute Gasteiger partial charge is 0.489 e. The molecule has 0 radical (unpaired) electrons. The van der Waals surface area contributed by atoms with Crippen molar-refractivity contribution in [2.24, 2.45) is 4.99 Å². The smallest absolute Gasteiger partial charge is 0.254 e. The van der Waals surface area contributed by atoms with Crippen LogP contribution >= 0.6 is 56.5 Å². The molecular weight excluding hydrogens is 646 g/mol. The monoisotopic (exact) mass is 676 g/mol. The Bertz CT molecular complexity index is 1010. The molecule has 1 fully saturated rings. The number of carbonyl (C=O) groups is 1. The van der Waals surface area contributed by atoms with Gasteiger partial charge in [-0.05, 0) is 115 Å². The van der Waals surface area contributed by atoms with Crippen molar-refractivity contribution in [1.29, 1.82) is 0 Å². The molecule has 32 heavy (non-hydrogen) atoms. The zero-order chi connectivity index (χ0) is 22.7. The summed E-state index contributed by atoms with van der Waals surface area (Å²) in [4.78, 5) is 19.6. The van der Waals surface area contributed by atoms with Gasteiger partial charge in [0.15, 0.2) is 0 Å². The van der Waals surface area contributed by atoms with Gasteiger partial charge in [-0.1, -0.05) is 19.3 Å². The minimum atomic E-state index is 0.0688. The lowest BCUT2D eigenvalue weighted by molar-refractivity contribution is 0.0927. The van der Waals surface area contributed by atoms with Crippen molar-refractivity contribution >= 4 is 73.6 Å². The highest BCUT2D eigenvalue weighted by molar-refractivity contribution is 14.1. The first-order valence-electron chi connectivity index (χ1n) is 11.6. The third-order valence-corrected chi connectivity index (χ3v) is 8.66. The van der Waals surface area contributed by atoms with Crippen LogP contribution in [0.5, 0.6) is 5.75 Å². The molecule has 0 atom stereocenters. The van der Waals surface area contributed by atoms with Gasteiger partial charge in [-0.3, -0.25) is 4.79 Å². The number of aryl methyl sites for hydroxylation is 1. The van der Waals surface area contributed by atoms with Crippen molar-refractivity contribution in [2.75, 3.05) is 0 Å². The number of benzene rings is 1. The molecule has 2 aliphatic rings. The summed E-state index contributed by atoms with van der Waals surface area (Å²) in [7, 11) is 0. The second-order valence-corrected chi connectivity index (χ2v) is 12.4. The Morgan fingerprint density at radius 1 is 1.16 bits per heavy atom. The normalized spacial score (nSPS) is 17.0. The summed E-state index contributed by atoms with van der Waals surface area (Å²) in [5, 5.41) is 4.17. The maximum Gasteiger partial charge on any atom is 0.254 e. The first-order chi connectivity index (χ1) is 15.4. The Hall–Kier alpha value is -0.680. The van der Waals surface area contributed by atoms with E-state index >= 15 is 0 Å². The van der Waals surface area contributed by atoms with Crippen LogP contribution in [0.4, 0.5) is 5.00 Å². The van der Waals surface area contributed by atoms with Gasteiger partial charge < -0.3 is 10.1 Å². The molecular formula is C25H30I2N2O2S.